The van der Waals surface area contributed by atoms with Crippen molar-refractivity contribution in [2.45, 2.75) is 6.42 Å². The van der Waals surface area contributed by atoms with Crippen LogP contribution in [-0.2, 0) is 6.42 Å². The van der Waals surface area contributed by atoms with Gasteiger partial charge in [0.15, 0.2) is 0 Å². The van der Waals surface area contributed by atoms with Crippen molar-refractivity contribution in [3.8, 4) is 0 Å². The Morgan fingerprint density at radius 3 is 1.60 bits per heavy atom. The molecule has 0 spiro atoms. The molecular formula is C16H12O9. The first kappa shape index (κ1) is 17.9. The lowest BCUT2D eigenvalue weighted by Gasteiger charge is -2.15. The Morgan fingerprint density at radius 2 is 1.20 bits per heavy atom. The van der Waals surface area contributed by atoms with Crippen molar-refractivity contribution >= 4 is 34.6 Å². The van der Waals surface area contributed by atoms with Gasteiger partial charge >= 0.3 is 23.9 Å². The summed E-state index contributed by atoms with van der Waals surface area (Å²) >= 11 is 0. The van der Waals surface area contributed by atoms with Crippen LogP contribution in [0, 0.1) is 0 Å². The summed E-state index contributed by atoms with van der Waals surface area (Å²) in [5, 5.41) is 45.6. The van der Waals surface area contributed by atoms with Gasteiger partial charge in [0.05, 0.1) is 22.3 Å². The van der Waals surface area contributed by atoms with Gasteiger partial charge in [0.25, 0.3) is 0 Å². The van der Waals surface area contributed by atoms with Gasteiger partial charge in [-0.1, -0.05) is 0 Å². The number of carboxylic acid groups (broad SMARTS) is 4. The molecule has 0 bridgehead atoms. The van der Waals surface area contributed by atoms with Crippen molar-refractivity contribution in [1.29, 1.82) is 0 Å². The first-order valence-electron chi connectivity index (χ1n) is 6.87. The Hall–Kier alpha value is -3.46. The maximum atomic E-state index is 11.7. The minimum Gasteiger partial charge on any atom is -0.478 e. The molecule has 0 unspecified atom stereocenters. The minimum absolute atomic E-state index is 0.107. The number of aliphatic hydroxyl groups is 1. The molecule has 0 aromatic heterocycles. The molecule has 2 aromatic carbocycles. The zero-order chi connectivity index (χ0) is 18.9. The van der Waals surface area contributed by atoms with Gasteiger partial charge in [-0.2, -0.15) is 0 Å². The van der Waals surface area contributed by atoms with E-state index in [1.54, 1.807) is 0 Å². The Labute approximate surface area is 139 Å². The Kier molecular flexibility index (Phi) is 4.70. The molecule has 0 saturated carbocycles. The van der Waals surface area contributed by atoms with E-state index in [1.807, 2.05) is 0 Å². The lowest BCUT2D eigenvalue weighted by atomic mass is 9.87. The fourth-order valence-electron chi connectivity index (χ4n) is 2.71. The highest BCUT2D eigenvalue weighted by atomic mass is 16.4. The van der Waals surface area contributed by atoms with Crippen LogP contribution in [0.3, 0.4) is 0 Å². The minimum atomic E-state index is -1.56. The van der Waals surface area contributed by atoms with Crippen molar-refractivity contribution in [2.75, 3.05) is 6.61 Å². The number of benzene rings is 2. The Bertz CT molecular complexity index is 927. The van der Waals surface area contributed by atoms with E-state index in [0.29, 0.717) is 0 Å². The molecule has 0 heterocycles. The average Bonchev–Trinajstić information content (AvgIpc) is 2.52. The second kappa shape index (κ2) is 6.57. The third kappa shape index (κ3) is 3.00. The number of hydrogen-bond acceptors (Lipinski definition) is 5. The maximum absolute atomic E-state index is 11.7. The molecule has 9 heteroatoms. The highest BCUT2D eigenvalue weighted by Gasteiger charge is 2.27. The Balaban J connectivity index is 3.23. The number of carbonyl (C=O) groups is 4. The molecule has 25 heavy (non-hydrogen) atoms. The van der Waals surface area contributed by atoms with Crippen LogP contribution >= 0.6 is 0 Å². The fourth-order valence-corrected chi connectivity index (χ4v) is 2.71. The number of carboxylic acids is 4. The lowest BCUT2D eigenvalue weighted by molar-refractivity contribution is 0.0674. The van der Waals surface area contributed by atoms with E-state index in [0.717, 1.165) is 18.2 Å². The van der Waals surface area contributed by atoms with E-state index in [2.05, 4.69) is 0 Å². The normalized spacial score (nSPS) is 10.6. The smallest absolute Gasteiger partial charge is 0.336 e. The van der Waals surface area contributed by atoms with Gasteiger partial charge in [0.2, 0.25) is 0 Å². The number of fused-ring (bicyclic) bond motifs is 1. The third-order valence-corrected chi connectivity index (χ3v) is 3.65. The zero-order valence-corrected chi connectivity index (χ0v) is 12.5. The topological polar surface area (TPSA) is 169 Å². The zero-order valence-electron chi connectivity index (χ0n) is 12.5. The molecule has 0 aliphatic heterocycles. The first-order valence-corrected chi connectivity index (χ1v) is 6.87. The molecule has 0 saturated heterocycles. The molecule has 0 aliphatic carbocycles. The van der Waals surface area contributed by atoms with Crippen molar-refractivity contribution in [2.24, 2.45) is 0 Å². The first-order chi connectivity index (χ1) is 11.7. The summed E-state index contributed by atoms with van der Waals surface area (Å²) < 4.78 is 0. The third-order valence-electron chi connectivity index (χ3n) is 3.65. The molecule has 0 fully saturated rings. The summed E-state index contributed by atoms with van der Waals surface area (Å²) in [7, 11) is 0. The van der Waals surface area contributed by atoms with Gasteiger partial charge in [-0.05, 0) is 30.2 Å². The monoisotopic (exact) mass is 348 g/mol. The van der Waals surface area contributed by atoms with Crippen LogP contribution in [0.25, 0.3) is 10.8 Å². The quantitative estimate of drug-likeness (QED) is 0.514. The van der Waals surface area contributed by atoms with Crippen LogP contribution in [0.4, 0.5) is 0 Å². The summed E-state index contributed by atoms with van der Waals surface area (Å²) in [4.78, 5) is 46.2. The van der Waals surface area contributed by atoms with Crippen LogP contribution in [-0.4, -0.2) is 56.0 Å². The predicted molar refractivity (Wildman–Crippen MR) is 82.6 cm³/mol. The van der Waals surface area contributed by atoms with E-state index in [4.69, 9.17) is 5.11 Å². The number of aliphatic hydroxyl groups excluding tert-OH is 1. The van der Waals surface area contributed by atoms with Gasteiger partial charge in [-0.3, -0.25) is 0 Å². The molecule has 0 aliphatic rings. The predicted octanol–water partition coefficient (Wildman–Crippen LogP) is 1.17. The van der Waals surface area contributed by atoms with Gasteiger partial charge < -0.3 is 25.5 Å². The van der Waals surface area contributed by atoms with Crippen LogP contribution in [0.1, 0.15) is 47.0 Å². The molecule has 2 aromatic rings. The van der Waals surface area contributed by atoms with Crippen molar-refractivity contribution in [3.05, 3.63) is 46.0 Å². The second-order valence-corrected chi connectivity index (χ2v) is 5.06. The Morgan fingerprint density at radius 1 is 0.720 bits per heavy atom. The molecule has 5 N–H and O–H groups in total. The second-order valence-electron chi connectivity index (χ2n) is 5.06. The van der Waals surface area contributed by atoms with E-state index in [1.165, 1.54) is 0 Å². The van der Waals surface area contributed by atoms with E-state index in [-0.39, 0.29) is 12.0 Å². The SMILES string of the molecule is O=C(O)c1ccc(C(=O)O)c2c(C(=O)O)c(CCO)cc(C(=O)O)c12. The summed E-state index contributed by atoms with van der Waals surface area (Å²) in [6, 6.07) is 2.77. The van der Waals surface area contributed by atoms with E-state index >= 15 is 0 Å². The summed E-state index contributed by atoms with van der Waals surface area (Å²) in [6.07, 6.45) is -0.242. The van der Waals surface area contributed by atoms with Crippen molar-refractivity contribution < 1.29 is 44.7 Å². The van der Waals surface area contributed by atoms with Crippen LogP contribution in [0.2, 0.25) is 0 Å². The lowest BCUT2D eigenvalue weighted by Crippen LogP contribution is -2.14. The largest absolute Gasteiger partial charge is 0.478 e. The highest BCUT2D eigenvalue weighted by molar-refractivity contribution is 6.22. The molecule has 0 radical (unpaired) electrons. The maximum Gasteiger partial charge on any atom is 0.336 e. The number of aromatic carboxylic acids is 4. The van der Waals surface area contributed by atoms with E-state index < -0.39 is 63.5 Å². The molecule has 2 rings (SSSR count). The number of hydrogen-bond donors (Lipinski definition) is 5. The van der Waals surface area contributed by atoms with Crippen LogP contribution in [0.15, 0.2) is 18.2 Å². The molecule has 0 amide bonds. The fraction of sp³-hybridized carbons (Fsp3) is 0.125. The highest BCUT2D eigenvalue weighted by Crippen LogP contribution is 2.33. The van der Waals surface area contributed by atoms with Crippen LogP contribution < -0.4 is 0 Å². The standard InChI is InChI=1S/C16H12O9/c17-4-3-6-5-9(15(22)23)11-7(13(18)19)1-2-8(14(20)21)12(11)10(6)16(24)25/h1-2,5,17H,3-4H2,(H,18,19)(H,20,21)(H,22,23)(H,24,25). The summed E-state index contributed by atoms with van der Waals surface area (Å²) in [5.41, 5.74) is -2.28. The molecule has 0 atom stereocenters. The summed E-state index contributed by atoms with van der Waals surface area (Å²) in [6.45, 7) is -0.508. The summed E-state index contributed by atoms with van der Waals surface area (Å²) in [5.74, 6) is -6.18. The van der Waals surface area contributed by atoms with Crippen LogP contribution in [0.5, 0.6) is 0 Å². The molecule has 9 nitrogen and oxygen atoms in total. The number of rotatable bonds is 6. The molecular weight excluding hydrogens is 336 g/mol. The van der Waals surface area contributed by atoms with Crippen molar-refractivity contribution in [1.82, 2.24) is 0 Å². The molecule has 130 valence electrons. The van der Waals surface area contributed by atoms with Crippen molar-refractivity contribution in [3.63, 3.8) is 0 Å². The van der Waals surface area contributed by atoms with Gasteiger partial charge in [0.1, 0.15) is 0 Å². The van der Waals surface area contributed by atoms with Gasteiger partial charge in [-0.25, -0.2) is 19.2 Å². The van der Waals surface area contributed by atoms with Gasteiger partial charge in [0, 0.05) is 17.4 Å². The van der Waals surface area contributed by atoms with E-state index in [9.17, 15) is 39.6 Å². The average molecular weight is 348 g/mol. The van der Waals surface area contributed by atoms with Gasteiger partial charge in [-0.15, -0.1) is 0 Å².